The summed E-state index contributed by atoms with van der Waals surface area (Å²) in [6.45, 7) is 5.56. The van der Waals surface area contributed by atoms with Crippen molar-refractivity contribution in [3.8, 4) is 0 Å². The van der Waals surface area contributed by atoms with E-state index in [0.717, 1.165) is 51.1 Å². The van der Waals surface area contributed by atoms with E-state index in [-0.39, 0.29) is 5.78 Å². The molecule has 1 unspecified atom stereocenters. The fourth-order valence-electron chi connectivity index (χ4n) is 4.56. The van der Waals surface area contributed by atoms with E-state index in [1.807, 2.05) is 18.2 Å². The molecule has 0 spiro atoms. The number of unbranched alkanes of at least 4 members (excludes halogenated alkanes) is 3. The van der Waals surface area contributed by atoms with Crippen LogP contribution in [-0.2, 0) is 11.2 Å². The van der Waals surface area contributed by atoms with E-state index in [9.17, 15) is 4.79 Å². The van der Waals surface area contributed by atoms with Crippen molar-refractivity contribution in [3.63, 3.8) is 0 Å². The lowest BCUT2D eigenvalue weighted by atomic mass is 9.78. The maximum atomic E-state index is 14.0. The second kappa shape index (κ2) is 11.4. The number of likely N-dealkylation sites (N-methyl/N-ethyl adjacent to an activating group) is 1. The zero-order chi connectivity index (χ0) is 22.1. The van der Waals surface area contributed by atoms with Crippen molar-refractivity contribution >= 4 is 11.5 Å². The van der Waals surface area contributed by atoms with Crippen LogP contribution in [0.1, 0.15) is 54.9 Å². The number of benzene rings is 2. The van der Waals surface area contributed by atoms with Crippen LogP contribution in [0.2, 0.25) is 0 Å². The highest BCUT2D eigenvalue weighted by molar-refractivity contribution is 6.03. The van der Waals surface area contributed by atoms with Crippen LogP contribution in [0.15, 0.2) is 54.6 Å². The van der Waals surface area contributed by atoms with Crippen molar-refractivity contribution in [3.05, 3.63) is 65.7 Å². The molecule has 0 amide bonds. The molecule has 1 aliphatic heterocycles. The highest BCUT2D eigenvalue weighted by Gasteiger charge is 2.40. The van der Waals surface area contributed by atoms with Gasteiger partial charge in [0.2, 0.25) is 0 Å². The van der Waals surface area contributed by atoms with Crippen molar-refractivity contribution in [2.75, 3.05) is 45.3 Å². The van der Waals surface area contributed by atoms with Crippen LogP contribution in [-0.4, -0.2) is 56.6 Å². The third kappa shape index (κ3) is 5.96. The Hall–Kier alpha value is -2.17. The first-order chi connectivity index (χ1) is 15.1. The Bertz CT molecular complexity index is 798. The van der Waals surface area contributed by atoms with Gasteiger partial charge in [0.1, 0.15) is 0 Å². The molecule has 0 radical (unpaired) electrons. The maximum Gasteiger partial charge on any atom is 0.183 e. The largest absolute Gasteiger partial charge is 0.378 e. The summed E-state index contributed by atoms with van der Waals surface area (Å²) in [5.41, 5.74) is 2.65. The fourth-order valence-corrected chi connectivity index (χ4v) is 4.56. The van der Waals surface area contributed by atoms with Gasteiger partial charge in [-0.1, -0.05) is 62.9 Å². The molecule has 0 bridgehead atoms. The summed E-state index contributed by atoms with van der Waals surface area (Å²) in [4.78, 5) is 18.5. The average Bonchev–Trinajstić information content (AvgIpc) is 2.82. The van der Waals surface area contributed by atoms with Gasteiger partial charge in [0.25, 0.3) is 0 Å². The summed E-state index contributed by atoms with van der Waals surface area (Å²) in [6.07, 6.45) is 6.26. The van der Waals surface area contributed by atoms with Crippen molar-refractivity contribution in [2.24, 2.45) is 0 Å². The predicted octanol–water partition coefficient (Wildman–Crippen LogP) is 5.22. The number of morpholine rings is 1. The van der Waals surface area contributed by atoms with Gasteiger partial charge >= 0.3 is 0 Å². The van der Waals surface area contributed by atoms with Gasteiger partial charge in [-0.3, -0.25) is 9.69 Å². The lowest BCUT2D eigenvalue weighted by Crippen LogP contribution is -2.53. The van der Waals surface area contributed by atoms with Gasteiger partial charge in [0, 0.05) is 24.3 Å². The summed E-state index contributed by atoms with van der Waals surface area (Å²) < 4.78 is 5.46. The number of ketones is 1. The van der Waals surface area contributed by atoms with Crippen LogP contribution in [0, 0.1) is 0 Å². The van der Waals surface area contributed by atoms with E-state index >= 15 is 0 Å². The van der Waals surface area contributed by atoms with E-state index in [1.54, 1.807) is 0 Å². The summed E-state index contributed by atoms with van der Waals surface area (Å²) >= 11 is 0. The molecule has 168 valence electrons. The number of anilines is 1. The quantitative estimate of drug-likeness (QED) is 0.367. The van der Waals surface area contributed by atoms with Gasteiger partial charge in [-0.2, -0.15) is 0 Å². The zero-order valence-corrected chi connectivity index (χ0v) is 19.5. The van der Waals surface area contributed by atoms with Crippen LogP contribution in [0.4, 0.5) is 5.69 Å². The molecule has 1 fully saturated rings. The number of ether oxygens (including phenoxy) is 1. The first-order valence-electron chi connectivity index (χ1n) is 11.8. The van der Waals surface area contributed by atoms with Crippen molar-refractivity contribution in [1.82, 2.24) is 4.90 Å². The first-order valence-corrected chi connectivity index (χ1v) is 11.8. The van der Waals surface area contributed by atoms with Gasteiger partial charge in [-0.15, -0.1) is 0 Å². The lowest BCUT2D eigenvalue weighted by molar-refractivity contribution is 0.0645. The SMILES string of the molecule is CCCCCCC(Cc1ccccc1)(C(=O)c1ccc(N2CCOCC2)cc1)N(C)C. The van der Waals surface area contributed by atoms with Crippen molar-refractivity contribution in [2.45, 2.75) is 51.0 Å². The molecule has 0 saturated carbocycles. The molecule has 31 heavy (non-hydrogen) atoms. The molecule has 4 heteroatoms. The Morgan fingerprint density at radius 1 is 0.968 bits per heavy atom. The summed E-state index contributed by atoms with van der Waals surface area (Å²) in [6, 6.07) is 18.7. The van der Waals surface area contributed by atoms with E-state index < -0.39 is 5.54 Å². The molecule has 1 atom stereocenters. The average molecular weight is 423 g/mol. The topological polar surface area (TPSA) is 32.8 Å². The van der Waals surface area contributed by atoms with Crippen LogP contribution in [0.25, 0.3) is 0 Å². The second-order valence-electron chi connectivity index (χ2n) is 8.87. The number of nitrogens with zero attached hydrogens (tertiary/aromatic N) is 2. The van der Waals surface area contributed by atoms with Crippen molar-refractivity contribution < 1.29 is 9.53 Å². The monoisotopic (exact) mass is 422 g/mol. The Morgan fingerprint density at radius 2 is 1.65 bits per heavy atom. The molecule has 0 N–H and O–H groups in total. The van der Waals surface area contributed by atoms with Crippen LogP contribution in [0.3, 0.4) is 0 Å². The van der Waals surface area contributed by atoms with Gasteiger partial charge < -0.3 is 9.64 Å². The van der Waals surface area contributed by atoms with Crippen molar-refractivity contribution in [1.29, 1.82) is 0 Å². The molecule has 4 nitrogen and oxygen atoms in total. The molecular weight excluding hydrogens is 384 g/mol. The number of carbonyl (C=O) groups is 1. The van der Waals surface area contributed by atoms with Crippen LogP contribution < -0.4 is 4.90 Å². The summed E-state index contributed by atoms with van der Waals surface area (Å²) in [5.74, 6) is 0.228. The molecule has 2 aromatic carbocycles. The number of Topliss-reactive ketones (excluding diaryl/α,β-unsaturated/α-hetero) is 1. The molecular formula is C27H38N2O2. The normalized spacial score (nSPS) is 16.3. The molecule has 1 aliphatic rings. The Balaban J connectivity index is 1.86. The van der Waals surface area contributed by atoms with Gasteiger partial charge in [-0.25, -0.2) is 0 Å². The fraction of sp³-hybridized carbons (Fsp3) is 0.519. The van der Waals surface area contributed by atoms with Gasteiger partial charge in [-0.05, 0) is 56.8 Å². The van der Waals surface area contributed by atoms with Crippen LogP contribution >= 0.6 is 0 Å². The molecule has 3 rings (SSSR count). The standard InChI is InChI=1S/C27H38N2O2/c1-4-5-6-10-17-27(28(2)3,22-23-11-8-7-9-12-23)26(30)24-13-15-25(16-14-24)29-18-20-31-21-19-29/h7-9,11-16H,4-6,10,17-22H2,1-3H3. The Morgan fingerprint density at radius 3 is 2.26 bits per heavy atom. The minimum atomic E-state index is -0.532. The third-order valence-corrected chi connectivity index (χ3v) is 6.57. The lowest BCUT2D eigenvalue weighted by Gasteiger charge is -2.39. The molecule has 1 saturated heterocycles. The predicted molar refractivity (Wildman–Crippen MR) is 129 cm³/mol. The molecule has 2 aromatic rings. The van der Waals surface area contributed by atoms with E-state index in [0.29, 0.717) is 0 Å². The maximum absolute atomic E-state index is 14.0. The van der Waals surface area contributed by atoms with Gasteiger partial charge in [0.15, 0.2) is 5.78 Å². The van der Waals surface area contributed by atoms with Gasteiger partial charge in [0.05, 0.1) is 18.8 Å². The van der Waals surface area contributed by atoms with E-state index in [1.165, 1.54) is 30.5 Å². The highest BCUT2D eigenvalue weighted by atomic mass is 16.5. The second-order valence-corrected chi connectivity index (χ2v) is 8.87. The zero-order valence-electron chi connectivity index (χ0n) is 19.5. The number of hydrogen-bond donors (Lipinski definition) is 0. The first kappa shape index (κ1) is 23.5. The summed E-state index contributed by atoms with van der Waals surface area (Å²) in [7, 11) is 4.12. The highest BCUT2D eigenvalue weighted by Crippen LogP contribution is 2.31. The number of carbonyl (C=O) groups excluding carboxylic acids is 1. The van der Waals surface area contributed by atoms with E-state index in [2.05, 4.69) is 67.2 Å². The minimum absolute atomic E-state index is 0.228. The molecule has 1 heterocycles. The molecule has 0 aliphatic carbocycles. The Labute approximate surface area is 188 Å². The van der Waals surface area contributed by atoms with E-state index in [4.69, 9.17) is 4.74 Å². The summed E-state index contributed by atoms with van der Waals surface area (Å²) in [5, 5.41) is 0. The smallest absolute Gasteiger partial charge is 0.183 e. The van der Waals surface area contributed by atoms with Crippen LogP contribution in [0.5, 0.6) is 0 Å². The number of rotatable bonds is 11. The third-order valence-electron chi connectivity index (χ3n) is 6.57. The Kier molecular flexibility index (Phi) is 8.68. The minimum Gasteiger partial charge on any atom is -0.378 e. The molecule has 0 aromatic heterocycles. The number of hydrogen-bond acceptors (Lipinski definition) is 4.